The summed E-state index contributed by atoms with van der Waals surface area (Å²) < 4.78 is 5.92. The molecule has 0 saturated heterocycles. The van der Waals surface area contributed by atoms with Crippen LogP contribution < -0.4 is 10.5 Å². The van der Waals surface area contributed by atoms with Crippen LogP contribution in [0, 0.1) is 12.8 Å². The Kier molecular flexibility index (Phi) is 5.49. The fourth-order valence-electron chi connectivity index (χ4n) is 1.89. The van der Waals surface area contributed by atoms with Crippen molar-refractivity contribution in [2.24, 2.45) is 11.7 Å². The predicted molar refractivity (Wildman–Crippen MR) is 73.3 cm³/mol. The molecule has 0 aliphatic heterocycles. The average Bonchev–Trinajstić information content (AvgIpc) is 2.31. The summed E-state index contributed by atoms with van der Waals surface area (Å²) >= 11 is 0. The Labute approximate surface area is 105 Å². The molecular formula is C15H25NO. The molecule has 0 aliphatic carbocycles. The molecule has 0 spiro atoms. The van der Waals surface area contributed by atoms with Crippen LogP contribution in [0.3, 0.4) is 0 Å². The minimum absolute atomic E-state index is 0.0200. The maximum Gasteiger partial charge on any atom is 0.124 e. The summed E-state index contributed by atoms with van der Waals surface area (Å²) in [7, 11) is 0. The van der Waals surface area contributed by atoms with Crippen molar-refractivity contribution in [1.29, 1.82) is 0 Å². The number of nitrogens with two attached hydrogens (primary N) is 1. The first-order valence-electron chi connectivity index (χ1n) is 6.57. The molecule has 17 heavy (non-hydrogen) atoms. The summed E-state index contributed by atoms with van der Waals surface area (Å²) in [5.74, 6) is 1.58. The Morgan fingerprint density at radius 3 is 2.41 bits per heavy atom. The molecule has 0 aliphatic rings. The first-order chi connectivity index (χ1) is 8.08. The lowest BCUT2D eigenvalue weighted by atomic mass is 10.0. The van der Waals surface area contributed by atoms with Crippen LogP contribution in [0.1, 0.15) is 50.8 Å². The maximum atomic E-state index is 5.97. The van der Waals surface area contributed by atoms with E-state index >= 15 is 0 Å². The Morgan fingerprint density at radius 2 is 1.88 bits per heavy atom. The second kappa shape index (κ2) is 6.65. The highest BCUT2D eigenvalue weighted by atomic mass is 16.5. The highest BCUT2D eigenvalue weighted by Gasteiger charge is 2.10. The van der Waals surface area contributed by atoms with Crippen LogP contribution in [0.4, 0.5) is 0 Å². The van der Waals surface area contributed by atoms with Gasteiger partial charge >= 0.3 is 0 Å². The van der Waals surface area contributed by atoms with Gasteiger partial charge in [-0.15, -0.1) is 0 Å². The summed E-state index contributed by atoms with van der Waals surface area (Å²) in [5, 5.41) is 0. The van der Waals surface area contributed by atoms with E-state index in [2.05, 4.69) is 32.9 Å². The van der Waals surface area contributed by atoms with Gasteiger partial charge in [0.1, 0.15) is 5.75 Å². The number of benzene rings is 1. The molecule has 0 amide bonds. The lowest BCUT2D eigenvalue weighted by Crippen LogP contribution is -2.13. The molecule has 0 bridgehead atoms. The monoisotopic (exact) mass is 235 g/mol. The second-order valence-electron chi connectivity index (χ2n) is 4.82. The van der Waals surface area contributed by atoms with Crippen molar-refractivity contribution in [2.45, 2.75) is 46.6 Å². The molecule has 1 rings (SSSR count). The molecule has 2 nitrogen and oxygen atoms in total. The van der Waals surface area contributed by atoms with Crippen LogP contribution >= 0.6 is 0 Å². The lowest BCUT2D eigenvalue weighted by molar-refractivity contribution is 0.238. The first-order valence-corrected chi connectivity index (χ1v) is 6.57. The molecule has 1 unspecified atom stereocenters. The minimum atomic E-state index is 0.0200. The van der Waals surface area contributed by atoms with Gasteiger partial charge in [0, 0.05) is 11.6 Å². The Hall–Kier alpha value is -1.02. The van der Waals surface area contributed by atoms with E-state index in [9.17, 15) is 0 Å². The van der Waals surface area contributed by atoms with E-state index in [-0.39, 0.29) is 6.04 Å². The van der Waals surface area contributed by atoms with E-state index < -0.39 is 0 Å². The SMILES string of the molecule is CCC(CC)COc1ccc(C)cc1C(C)N. The Bertz CT molecular complexity index is 343. The van der Waals surface area contributed by atoms with Crippen molar-refractivity contribution in [3.05, 3.63) is 29.3 Å². The van der Waals surface area contributed by atoms with E-state index in [1.165, 1.54) is 5.56 Å². The number of aryl methyl sites for hydroxylation is 1. The van der Waals surface area contributed by atoms with Gasteiger partial charge in [0.15, 0.2) is 0 Å². The largest absolute Gasteiger partial charge is 0.493 e. The van der Waals surface area contributed by atoms with Crippen molar-refractivity contribution >= 4 is 0 Å². The van der Waals surface area contributed by atoms with E-state index in [0.717, 1.165) is 30.8 Å². The van der Waals surface area contributed by atoms with Gasteiger partial charge in [-0.1, -0.05) is 44.4 Å². The standard InChI is InChI=1S/C15H25NO/c1-5-13(6-2)10-17-15-8-7-11(3)9-14(15)12(4)16/h7-9,12-13H,5-6,10,16H2,1-4H3. The van der Waals surface area contributed by atoms with Crippen LogP contribution in [0.5, 0.6) is 5.75 Å². The normalized spacial score (nSPS) is 12.8. The van der Waals surface area contributed by atoms with Gasteiger partial charge in [-0.2, -0.15) is 0 Å². The minimum Gasteiger partial charge on any atom is -0.493 e. The molecule has 1 atom stereocenters. The third kappa shape index (κ3) is 4.04. The Balaban J connectivity index is 2.76. The van der Waals surface area contributed by atoms with E-state index in [0.29, 0.717) is 5.92 Å². The summed E-state index contributed by atoms with van der Waals surface area (Å²) in [5.41, 5.74) is 8.31. The number of hydrogen-bond acceptors (Lipinski definition) is 2. The summed E-state index contributed by atoms with van der Waals surface area (Å²) in [6.07, 6.45) is 2.33. The molecule has 0 radical (unpaired) electrons. The molecule has 1 aromatic rings. The molecule has 0 saturated carbocycles. The smallest absolute Gasteiger partial charge is 0.124 e. The molecule has 2 N–H and O–H groups in total. The van der Waals surface area contributed by atoms with Gasteiger partial charge in [-0.25, -0.2) is 0 Å². The van der Waals surface area contributed by atoms with Crippen molar-refractivity contribution < 1.29 is 4.74 Å². The van der Waals surface area contributed by atoms with Crippen LogP contribution in [-0.2, 0) is 0 Å². The fraction of sp³-hybridized carbons (Fsp3) is 0.600. The average molecular weight is 235 g/mol. The Morgan fingerprint density at radius 1 is 1.24 bits per heavy atom. The molecule has 0 aromatic heterocycles. The van der Waals surface area contributed by atoms with Crippen molar-refractivity contribution in [3.8, 4) is 5.75 Å². The second-order valence-corrected chi connectivity index (χ2v) is 4.82. The lowest BCUT2D eigenvalue weighted by Gasteiger charge is -2.18. The topological polar surface area (TPSA) is 35.2 Å². The van der Waals surface area contributed by atoms with Gasteiger partial charge < -0.3 is 10.5 Å². The number of ether oxygens (including phenoxy) is 1. The van der Waals surface area contributed by atoms with Gasteiger partial charge in [-0.3, -0.25) is 0 Å². The van der Waals surface area contributed by atoms with Crippen molar-refractivity contribution in [1.82, 2.24) is 0 Å². The van der Waals surface area contributed by atoms with Crippen molar-refractivity contribution in [2.75, 3.05) is 6.61 Å². The summed E-state index contributed by atoms with van der Waals surface area (Å²) in [6, 6.07) is 6.25. The first kappa shape index (κ1) is 14.0. The third-order valence-corrected chi connectivity index (χ3v) is 3.29. The van der Waals surface area contributed by atoms with Crippen LogP contribution in [0.15, 0.2) is 18.2 Å². The number of hydrogen-bond donors (Lipinski definition) is 1. The van der Waals surface area contributed by atoms with E-state index in [1.54, 1.807) is 0 Å². The molecule has 2 heteroatoms. The third-order valence-electron chi connectivity index (χ3n) is 3.29. The zero-order chi connectivity index (χ0) is 12.8. The summed E-state index contributed by atoms with van der Waals surface area (Å²) in [6.45, 7) is 9.28. The van der Waals surface area contributed by atoms with Gasteiger partial charge in [-0.05, 0) is 25.8 Å². The van der Waals surface area contributed by atoms with Gasteiger partial charge in [0.05, 0.1) is 6.61 Å². The van der Waals surface area contributed by atoms with Crippen LogP contribution in [0.25, 0.3) is 0 Å². The van der Waals surface area contributed by atoms with Crippen molar-refractivity contribution in [3.63, 3.8) is 0 Å². The zero-order valence-corrected chi connectivity index (χ0v) is 11.5. The summed E-state index contributed by atoms with van der Waals surface area (Å²) in [4.78, 5) is 0. The quantitative estimate of drug-likeness (QED) is 0.813. The van der Waals surface area contributed by atoms with Gasteiger partial charge in [0.25, 0.3) is 0 Å². The molecule has 1 aromatic carbocycles. The van der Waals surface area contributed by atoms with Crippen LogP contribution in [0.2, 0.25) is 0 Å². The molecular weight excluding hydrogens is 210 g/mol. The molecule has 96 valence electrons. The maximum absolute atomic E-state index is 5.97. The van der Waals surface area contributed by atoms with Gasteiger partial charge in [0.2, 0.25) is 0 Å². The zero-order valence-electron chi connectivity index (χ0n) is 11.5. The fourth-order valence-corrected chi connectivity index (χ4v) is 1.89. The van der Waals surface area contributed by atoms with E-state index in [1.807, 2.05) is 13.0 Å². The molecule has 0 heterocycles. The predicted octanol–water partition coefficient (Wildman–Crippen LogP) is 3.83. The number of rotatable bonds is 6. The molecule has 0 fully saturated rings. The van der Waals surface area contributed by atoms with Crippen LogP contribution in [-0.4, -0.2) is 6.61 Å². The highest BCUT2D eigenvalue weighted by Crippen LogP contribution is 2.26. The highest BCUT2D eigenvalue weighted by molar-refractivity contribution is 5.38. The van der Waals surface area contributed by atoms with E-state index in [4.69, 9.17) is 10.5 Å².